The molecule has 1 amide bonds. The molecule has 6 nitrogen and oxygen atoms in total. The van der Waals surface area contributed by atoms with E-state index in [1.165, 1.54) is 0 Å². The molecule has 122 valence electrons. The third-order valence-corrected chi connectivity index (χ3v) is 3.43. The first-order chi connectivity index (χ1) is 11.8. The highest BCUT2D eigenvalue weighted by Crippen LogP contribution is 2.11. The molecule has 0 radical (unpaired) electrons. The number of ether oxygens (including phenoxy) is 1. The van der Waals surface area contributed by atoms with E-state index in [2.05, 4.69) is 15.3 Å². The second kappa shape index (κ2) is 7.92. The van der Waals surface area contributed by atoms with E-state index in [4.69, 9.17) is 4.74 Å². The Morgan fingerprint density at radius 1 is 1.12 bits per heavy atom. The van der Waals surface area contributed by atoms with Gasteiger partial charge in [0.2, 0.25) is 5.91 Å². The molecule has 0 saturated heterocycles. The average molecular weight is 322 g/mol. The van der Waals surface area contributed by atoms with Crippen LogP contribution in [0, 0.1) is 0 Å². The summed E-state index contributed by atoms with van der Waals surface area (Å²) in [5.41, 5.74) is 0.924. The maximum absolute atomic E-state index is 12.0. The highest BCUT2D eigenvalue weighted by molar-refractivity contribution is 5.76. The Hall–Kier alpha value is -3.15. The quantitative estimate of drug-likeness (QED) is 0.725. The van der Waals surface area contributed by atoms with Gasteiger partial charge in [0, 0.05) is 30.7 Å². The smallest absolute Gasteiger partial charge is 0.223 e. The molecule has 0 aliphatic carbocycles. The molecule has 3 rings (SSSR count). The molecule has 0 bridgehead atoms. The van der Waals surface area contributed by atoms with E-state index in [-0.39, 0.29) is 5.91 Å². The Bertz CT molecular complexity index is 773. The van der Waals surface area contributed by atoms with Crippen molar-refractivity contribution in [2.75, 3.05) is 6.61 Å². The molecule has 0 aliphatic heterocycles. The van der Waals surface area contributed by atoms with Crippen LogP contribution < -0.4 is 10.1 Å². The number of aromatic nitrogens is 3. The van der Waals surface area contributed by atoms with Crippen molar-refractivity contribution in [3.8, 4) is 11.6 Å². The topological polar surface area (TPSA) is 69.0 Å². The summed E-state index contributed by atoms with van der Waals surface area (Å²) in [5, 5.41) is 2.89. The highest BCUT2D eigenvalue weighted by atomic mass is 16.5. The lowest BCUT2D eigenvalue weighted by atomic mass is 10.2. The number of nitrogens with one attached hydrogen (secondary N) is 1. The van der Waals surface area contributed by atoms with Gasteiger partial charge < -0.3 is 10.1 Å². The summed E-state index contributed by atoms with van der Waals surface area (Å²) in [6, 6.07) is 13.2. The number of para-hydroxylation sites is 1. The fraction of sp³-hybridized carbons (Fsp3) is 0.167. The zero-order valence-corrected chi connectivity index (χ0v) is 13.1. The maximum atomic E-state index is 12.0. The third kappa shape index (κ3) is 4.19. The van der Waals surface area contributed by atoms with Gasteiger partial charge in [0.25, 0.3) is 0 Å². The first-order valence-corrected chi connectivity index (χ1v) is 7.70. The first-order valence-electron chi connectivity index (χ1n) is 7.70. The van der Waals surface area contributed by atoms with Gasteiger partial charge in [-0.1, -0.05) is 24.3 Å². The van der Waals surface area contributed by atoms with Gasteiger partial charge >= 0.3 is 0 Å². The number of hydrogen-bond donors (Lipinski definition) is 1. The fourth-order valence-electron chi connectivity index (χ4n) is 2.25. The van der Waals surface area contributed by atoms with E-state index in [9.17, 15) is 4.79 Å². The monoisotopic (exact) mass is 322 g/mol. The SMILES string of the molecule is O=C(CCOc1ccccc1)NCc1cccnc1-n1ccnc1. The minimum absolute atomic E-state index is 0.0636. The molecule has 0 fully saturated rings. The Labute approximate surface area is 140 Å². The number of imidazole rings is 1. The molecule has 0 aliphatic rings. The molecule has 1 aromatic carbocycles. The zero-order valence-electron chi connectivity index (χ0n) is 13.1. The molecule has 3 aromatic rings. The molecule has 0 spiro atoms. The minimum Gasteiger partial charge on any atom is -0.493 e. The van der Waals surface area contributed by atoms with Gasteiger partial charge in [-0.3, -0.25) is 9.36 Å². The summed E-state index contributed by atoms with van der Waals surface area (Å²) < 4.78 is 7.35. The number of rotatable bonds is 7. The summed E-state index contributed by atoms with van der Waals surface area (Å²) in [7, 11) is 0. The molecular weight excluding hydrogens is 304 g/mol. The third-order valence-electron chi connectivity index (χ3n) is 3.43. The van der Waals surface area contributed by atoms with Crippen molar-refractivity contribution < 1.29 is 9.53 Å². The van der Waals surface area contributed by atoms with Crippen LogP contribution in [-0.4, -0.2) is 27.0 Å². The van der Waals surface area contributed by atoms with Crippen LogP contribution in [0.2, 0.25) is 0 Å². The van der Waals surface area contributed by atoms with Gasteiger partial charge in [0.05, 0.1) is 13.0 Å². The predicted molar refractivity (Wildman–Crippen MR) is 89.8 cm³/mol. The van der Waals surface area contributed by atoms with E-state index >= 15 is 0 Å². The van der Waals surface area contributed by atoms with E-state index < -0.39 is 0 Å². The van der Waals surface area contributed by atoms with E-state index in [0.717, 1.165) is 17.1 Å². The summed E-state index contributed by atoms with van der Waals surface area (Å²) >= 11 is 0. The number of carbonyl (C=O) groups is 1. The Balaban J connectivity index is 1.50. The minimum atomic E-state index is -0.0636. The first kappa shape index (κ1) is 15.7. The van der Waals surface area contributed by atoms with Gasteiger partial charge in [0.15, 0.2) is 0 Å². The van der Waals surface area contributed by atoms with E-state index in [1.807, 2.05) is 53.2 Å². The highest BCUT2D eigenvalue weighted by Gasteiger charge is 2.07. The fourth-order valence-corrected chi connectivity index (χ4v) is 2.25. The van der Waals surface area contributed by atoms with Crippen molar-refractivity contribution in [2.45, 2.75) is 13.0 Å². The Morgan fingerprint density at radius 3 is 2.79 bits per heavy atom. The second-order valence-corrected chi connectivity index (χ2v) is 5.14. The van der Waals surface area contributed by atoms with E-state index in [0.29, 0.717) is 19.6 Å². The lowest BCUT2D eigenvalue weighted by Gasteiger charge is -2.10. The molecule has 0 saturated carbocycles. The summed E-state index contributed by atoms with van der Waals surface area (Å²) in [6.45, 7) is 0.753. The van der Waals surface area contributed by atoms with Crippen LogP contribution in [0.25, 0.3) is 5.82 Å². The van der Waals surface area contributed by atoms with Gasteiger partial charge in [-0.05, 0) is 18.2 Å². The van der Waals surface area contributed by atoms with E-state index in [1.54, 1.807) is 18.7 Å². The van der Waals surface area contributed by atoms with Gasteiger partial charge in [0.1, 0.15) is 17.9 Å². The van der Waals surface area contributed by atoms with Gasteiger partial charge in [-0.15, -0.1) is 0 Å². The number of benzene rings is 1. The van der Waals surface area contributed by atoms with Crippen molar-refractivity contribution in [1.29, 1.82) is 0 Å². The molecule has 0 atom stereocenters. The molecular formula is C18H18N4O2. The largest absolute Gasteiger partial charge is 0.493 e. The predicted octanol–water partition coefficient (Wildman–Crippen LogP) is 2.35. The van der Waals surface area contributed by atoms with Crippen LogP contribution >= 0.6 is 0 Å². The lowest BCUT2D eigenvalue weighted by molar-refractivity contribution is -0.121. The van der Waals surface area contributed by atoms with Gasteiger partial charge in [-0.25, -0.2) is 9.97 Å². The van der Waals surface area contributed by atoms with Crippen molar-refractivity contribution >= 4 is 5.91 Å². The molecule has 2 aromatic heterocycles. The van der Waals surface area contributed by atoms with Crippen LogP contribution in [0.5, 0.6) is 5.75 Å². The average Bonchev–Trinajstić information content (AvgIpc) is 3.16. The standard InChI is InChI=1S/C18H18N4O2/c23-17(8-12-24-16-6-2-1-3-7-16)21-13-15-5-4-9-20-18(15)22-11-10-19-14-22/h1-7,9-11,14H,8,12-13H2,(H,21,23). The molecule has 2 heterocycles. The van der Waals surface area contributed by atoms with Crippen LogP contribution in [0.15, 0.2) is 67.4 Å². The van der Waals surface area contributed by atoms with Crippen LogP contribution in [0.1, 0.15) is 12.0 Å². The second-order valence-electron chi connectivity index (χ2n) is 5.14. The van der Waals surface area contributed by atoms with Crippen molar-refractivity contribution in [1.82, 2.24) is 19.9 Å². The number of amides is 1. The Morgan fingerprint density at radius 2 is 2.00 bits per heavy atom. The number of hydrogen-bond acceptors (Lipinski definition) is 4. The normalized spacial score (nSPS) is 10.3. The van der Waals surface area contributed by atoms with Crippen LogP contribution in [0.3, 0.4) is 0 Å². The summed E-state index contributed by atoms with van der Waals surface area (Å²) in [6.07, 6.45) is 7.21. The summed E-state index contributed by atoms with van der Waals surface area (Å²) in [4.78, 5) is 20.3. The van der Waals surface area contributed by atoms with Crippen LogP contribution in [0.4, 0.5) is 0 Å². The summed E-state index contributed by atoms with van der Waals surface area (Å²) in [5.74, 6) is 1.46. The molecule has 6 heteroatoms. The molecule has 0 unspecified atom stereocenters. The number of nitrogens with zero attached hydrogens (tertiary/aromatic N) is 3. The lowest BCUT2D eigenvalue weighted by Crippen LogP contribution is -2.25. The van der Waals surface area contributed by atoms with Crippen molar-refractivity contribution in [2.24, 2.45) is 0 Å². The maximum Gasteiger partial charge on any atom is 0.223 e. The Kier molecular flexibility index (Phi) is 5.19. The zero-order chi connectivity index (χ0) is 16.6. The van der Waals surface area contributed by atoms with Crippen molar-refractivity contribution in [3.63, 3.8) is 0 Å². The van der Waals surface area contributed by atoms with Gasteiger partial charge in [-0.2, -0.15) is 0 Å². The molecule has 1 N–H and O–H groups in total. The van der Waals surface area contributed by atoms with Crippen molar-refractivity contribution in [3.05, 3.63) is 72.9 Å². The molecule has 24 heavy (non-hydrogen) atoms. The number of pyridine rings is 1. The number of carbonyl (C=O) groups excluding carboxylic acids is 1. The van der Waals surface area contributed by atoms with Crippen LogP contribution in [-0.2, 0) is 11.3 Å².